The van der Waals surface area contributed by atoms with Gasteiger partial charge in [0.1, 0.15) is 11.5 Å². The lowest BCUT2D eigenvalue weighted by molar-refractivity contribution is -0.178. The summed E-state index contributed by atoms with van der Waals surface area (Å²) in [5.41, 5.74) is -2.78. The van der Waals surface area contributed by atoms with Crippen molar-refractivity contribution in [3.05, 3.63) is 6.08 Å². The lowest BCUT2D eigenvalue weighted by Crippen LogP contribution is -2.54. The summed E-state index contributed by atoms with van der Waals surface area (Å²) in [6, 6.07) is 0. The molecule has 0 aliphatic carbocycles. The van der Waals surface area contributed by atoms with Crippen LogP contribution in [0.5, 0.6) is 0 Å². The van der Waals surface area contributed by atoms with Crippen LogP contribution in [0, 0.1) is 0 Å². The minimum absolute atomic E-state index is 0.282. The second-order valence-electron chi connectivity index (χ2n) is 3.83. The number of carboxylic acids is 1. The zero-order valence-electron chi connectivity index (χ0n) is 8.94. The quantitative estimate of drug-likeness (QED) is 0.689. The van der Waals surface area contributed by atoms with Gasteiger partial charge in [0.05, 0.1) is 6.10 Å². The van der Waals surface area contributed by atoms with Gasteiger partial charge in [-0.1, -0.05) is 0 Å². The first-order chi connectivity index (χ1) is 6.92. The Morgan fingerprint density at radius 1 is 1.73 bits per heavy atom. The molecule has 5 heteroatoms. The summed E-state index contributed by atoms with van der Waals surface area (Å²) in [4.78, 5) is 21.6. The van der Waals surface area contributed by atoms with E-state index in [1.807, 2.05) is 0 Å². The summed E-state index contributed by atoms with van der Waals surface area (Å²) < 4.78 is 10.5. The number of ether oxygens (including phenoxy) is 2. The van der Waals surface area contributed by atoms with E-state index in [0.717, 1.165) is 6.08 Å². The third-order valence-electron chi connectivity index (χ3n) is 2.90. The predicted octanol–water partition coefficient (Wildman–Crippen LogP) is 0.411. The van der Waals surface area contributed by atoms with Crippen molar-refractivity contribution in [2.45, 2.75) is 37.6 Å². The van der Waals surface area contributed by atoms with Crippen molar-refractivity contribution < 1.29 is 24.2 Å². The first kappa shape index (κ1) is 11.9. The number of rotatable bonds is 3. The van der Waals surface area contributed by atoms with E-state index in [4.69, 9.17) is 14.6 Å². The van der Waals surface area contributed by atoms with Gasteiger partial charge in [-0.3, -0.25) is 0 Å². The van der Waals surface area contributed by atoms with Gasteiger partial charge in [0.15, 0.2) is 5.60 Å². The molecule has 0 amide bonds. The summed E-state index contributed by atoms with van der Waals surface area (Å²) in [5.74, 6) is 0.436. The topological polar surface area (TPSA) is 72.8 Å². The number of hydrogen-bond acceptors (Lipinski definition) is 4. The van der Waals surface area contributed by atoms with Crippen LogP contribution in [0.15, 0.2) is 6.08 Å². The molecule has 0 saturated carbocycles. The lowest BCUT2D eigenvalue weighted by atomic mass is 9.83. The Balaban J connectivity index is 3.24. The standard InChI is InChI=1S/C10H14O5/c1-7-6-10(14-3,4-5-11)9(2,15-7)8(12)13/h4,7H,6H2,1-3H3,(H,12,13). The first-order valence-electron chi connectivity index (χ1n) is 4.60. The number of carbonyl (C=O) groups excluding carboxylic acids is 1. The number of methoxy groups -OCH3 is 1. The van der Waals surface area contributed by atoms with Gasteiger partial charge in [-0.05, 0) is 13.8 Å². The average molecular weight is 214 g/mol. The zero-order chi connectivity index (χ0) is 11.7. The van der Waals surface area contributed by atoms with Crippen LogP contribution in [0.4, 0.5) is 0 Å². The van der Waals surface area contributed by atoms with E-state index in [0.29, 0.717) is 6.42 Å². The Bertz CT molecular complexity index is 320. The molecule has 0 aromatic heterocycles. The fourth-order valence-corrected chi connectivity index (χ4v) is 2.03. The highest BCUT2D eigenvalue weighted by atomic mass is 16.6. The number of aliphatic carboxylic acids is 1. The molecular formula is C10H14O5. The predicted molar refractivity (Wildman–Crippen MR) is 51.2 cm³/mol. The van der Waals surface area contributed by atoms with Crippen LogP contribution in [0.25, 0.3) is 0 Å². The van der Waals surface area contributed by atoms with Crippen LogP contribution in [0.2, 0.25) is 0 Å². The minimum Gasteiger partial charge on any atom is -0.479 e. The molecule has 15 heavy (non-hydrogen) atoms. The maximum Gasteiger partial charge on any atom is 0.339 e. The Labute approximate surface area is 87.7 Å². The minimum atomic E-state index is -1.54. The van der Waals surface area contributed by atoms with Crippen molar-refractivity contribution in [2.75, 3.05) is 7.11 Å². The van der Waals surface area contributed by atoms with E-state index < -0.39 is 17.2 Å². The highest BCUT2D eigenvalue weighted by molar-refractivity contribution is 5.81. The molecule has 1 N–H and O–H groups in total. The van der Waals surface area contributed by atoms with Crippen molar-refractivity contribution in [3.8, 4) is 0 Å². The molecule has 1 rings (SSSR count). The molecule has 0 bridgehead atoms. The van der Waals surface area contributed by atoms with Crippen molar-refractivity contribution in [1.82, 2.24) is 0 Å². The van der Waals surface area contributed by atoms with Gasteiger partial charge in [-0.2, -0.15) is 0 Å². The molecule has 84 valence electrons. The molecule has 1 fully saturated rings. The van der Waals surface area contributed by atoms with Crippen molar-refractivity contribution >= 4 is 11.9 Å². The molecular weight excluding hydrogens is 200 g/mol. The Morgan fingerprint density at radius 3 is 2.73 bits per heavy atom. The SMILES string of the molecule is COC1(C=C=O)CC(C)OC1(C)C(=O)O. The summed E-state index contributed by atoms with van der Waals surface area (Å²) in [6.45, 7) is 3.14. The van der Waals surface area contributed by atoms with Crippen molar-refractivity contribution in [2.24, 2.45) is 0 Å². The maximum absolute atomic E-state index is 11.2. The van der Waals surface area contributed by atoms with E-state index in [1.54, 1.807) is 12.9 Å². The van der Waals surface area contributed by atoms with Crippen molar-refractivity contribution in [3.63, 3.8) is 0 Å². The van der Waals surface area contributed by atoms with Crippen LogP contribution >= 0.6 is 0 Å². The fraction of sp³-hybridized carbons (Fsp3) is 0.700. The smallest absolute Gasteiger partial charge is 0.339 e. The highest BCUT2D eigenvalue weighted by Gasteiger charge is 2.60. The van der Waals surface area contributed by atoms with Gasteiger partial charge in [-0.25, -0.2) is 9.59 Å². The molecule has 1 aliphatic rings. The van der Waals surface area contributed by atoms with E-state index in [2.05, 4.69) is 0 Å². The Morgan fingerprint density at radius 2 is 2.33 bits per heavy atom. The van der Waals surface area contributed by atoms with Crippen LogP contribution < -0.4 is 0 Å². The molecule has 1 aliphatic heterocycles. The second kappa shape index (κ2) is 3.77. The van der Waals surface area contributed by atoms with Crippen molar-refractivity contribution in [1.29, 1.82) is 0 Å². The molecule has 3 atom stereocenters. The van der Waals surface area contributed by atoms with E-state index in [9.17, 15) is 9.59 Å². The summed E-state index contributed by atoms with van der Waals surface area (Å²) >= 11 is 0. The first-order valence-corrected chi connectivity index (χ1v) is 4.60. The van der Waals surface area contributed by atoms with Crippen LogP contribution in [0.3, 0.4) is 0 Å². The number of carbonyl (C=O) groups is 1. The van der Waals surface area contributed by atoms with E-state index in [-0.39, 0.29) is 6.10 Å². The normalized spacial score (nSPS) is 39.8. The molecule has 0 spiro atoms. The fourth-order valence-electron chi connectivity index (χ4n) is 2.03. The third-order valence-corrected chi connectivity index (χ3v) is 2.90. The van der Waals surface area contributed by atoms with Gasteiger partial charge in [0, 0.05) is 19.6 Å². The second-order valence-corrected chi connectivity index (χ2v) is 3.83. The molecule has 0 aromatic rings. The average Bonchev–Trinajstić information content (AvgIpc) is 2.40. The molecule has 1 heterocycles. The molecule has 1 saturated heterocycles. The summed E-state index contributed by atoms with van der Waals surface area (Å²) in [5, 5.41) is 9.13. The number of hydrogen-bond donors (Lipinski definition) is 1. The van der Waals surface area contributed by atoms with Gasteiger partial charge in [0.25, 0.3) is 0 Å². The zero-order valence-corrected chi connectivity index (χ0v) is 8.94. The molecule has 0 aromatic carbocycles. The summed E-state index contributed by atoms with van der Waals surface area (Å²) in [7, 11) is 1.36. The Kier molecular flexibility index (Phi) is 3.00. The van der Waals surface area contributed by atoms with Crippen LogP contribution in [-0.2, 0) is 19.1 Å². The van der Waals surface area contributed by atoms with Gasteiger partial charge < -0.3 is 14.6 Å². The van der Waals surface area contributed by atoms with Crippen LogP contribution in [-0.4, -0.2) is 41.4 Å². The van der Waals surface area contributed by atoms with Gasteiger partial charge in [0.2, 0.25) is 0 Å². The van der Waals surface area contributed by atoms with Gasteiger partial charge in [-0.15, -0.1) is 0 Å². The van der Waals surface area contributed by atoms with Crippen LogP contribution in [0.1, 0.15) is 20.3 Å². The maximum atomic E-state index is 11.2. The molecule has 0 radical (unpaired) electrons. The summed E-state index contributed by atoms with van der Waals surface area (Å²) in [6.07, 6.45) is 1.13. The highest BCUT2D eigenvalue weighted by Crippen LogP contribution is 2.42. The molecule has 3 unspecified atom stereocenters. The Hall–Kier alpha value is -1.16. The largest absolute Gasteiger partial charge is 0.479 e. The lowest BCUT2D eigenvalue weighted by Gasteiger charge is -2.34. The third kappa shape index (κ3) is 1.59. The van der Waals surface area contributed by atoms with E-state index in [1.165, 1.54) is 14.0 Å². The van der Waals surface area contributed by atoms with E-state index >= 15 is 0 Å². The van der Waals surface area contributed by atoms with Gasteiger partial charge >= 0.3 is 5.97 Å². The monoisotopic (exact) mass is 214 g/mol. The number of carboxylic acid groups (broad SMARTS) is 1. The molecule has 5 nitrogen and oxygen atoms in total.